The zero-order chi connectivity index (χ0) is 18.2. The third-order valence-electron chi connectivity index (χ3n) is 5.09. The maximum atomic E-state index is 12.8. The first-order valence-corrected chi connectivity index (χ1v) is 9.93. The molecule has 0 saturated heterocycles. The number of hydrogen-bond acceptors (Lipinski definition) is 4. The number of hydrogen-bond donors (Lipinski definition) is 2. The Kier molecular flexibility index (Phi) is 4.07. The van der Waals surface area contributed by atoms with Gasteiger partial charge >= 0.3 is 0 Å². The van der Waals surface area contributed by atoms with Gasteiger partial charge in [0.15, 0.2) is 5.82 Å². The van der Waals surface area contributed by atoms with E-state index in [-0.39, 0.29) is 5.56 Å². The minimum absolute atomic E-state index is 0.0512. The summed E-state index contributed by atoms with van der Waals surface area (Å²) >= 11 is 1.66. The van der Waals surface area contributed by atoms with E-state index in [1.807, 2.05) is 18.2 Å². The second-order valence-electron chi connectivity index (χ2n) is 6.90. The van der Waals surface area contributed by atoms with Crippen molar-refractivity contribution in [3.05, 3.63) is 81.1 Å². The highest BCUT2D eigenvalue weighted by atomic mass is 32.1. The first-order valence-electron chi connectivity index (χ1n) is 9.11. The molecule has 5 rings (SSSR count). The summed E-state index contributed by atoms with van der Waals surface area (Å²) in [6.07, 6.45) is 2.63. The molecule has 3 aromatic heterocycles. The van der Waals surface area contributed by atoms with Crippen LogP contribution in [-0.2, 0) is 19.5 Å². The van der Waals surface area contributed by atoms with Crippen LogP contribution >= 0.6 is 11.3 Å². The topological polar surface area (TPSA) is 63.1 Å². The highest BCUT2D eigenvalue weighted by molar-refractivity contribution is 7.18. The Hall–Kier alpha value is -2.83. The lowest BCUT2D eigenvalue weighted by Gasteiger charge is -2.23. The van der Waals surface area contributed by atoms with Gasteiger partial charge in [0, 0.05) is 18.2 Å². The molecule has 1 aliphatic heterocycles. The Morgan fingerprint density at radius 2 is 1.96 bits per heavy atom. The number of rotatable bonds is 3. The van der Waals surface area contributed by atoms with Crippen molar-refractivity contribution in [2.24, 2.45) is 0 Å². The van der Waals surface area contributed by atoms with Gasteiger partial charge in [0.05, 0.1) is 16.8 Å². The van der Waals surface area contributed by atoms with Crippen molar-refractivity contribution < 1.29 is 4.90 Å². The summed E-state index contributed by atoms with van der Waals surface area (Å²) in [6.45, 7) is 3.00. The van der Waals surface area contributed by atoms with Gasteiger partial charge in [-0.25, -0.2) is 4.98 Å². The summed E-state index contributed by atoms with van der Waals surface area (Å²) in [7, 11) is 0. The van der Waals surface area contributed by atoms with Crippen molar-refractivity contribution in [2.45, 2.75) is 19.5 Å². The Bertz CT molecular complexity index is 1150. The lowest BCUT2D eigenvalue weighted by molar-refractivity contribution is -0.929. The van der Waals surface area contributed by atoms with Crippen molar-refractivity contribution in [1.29, 1.82) is 0 Å². The van der Waals surface area contributed by atoms with E-state index in [0.29, 0.717) is 11.5 Å². The van der Waals surface area contributed by atoms with Crippen LogP contribution in [-0.4, -0.2) is 21.5 Å². The van der Waals surface area contributed by atoms with Gasteiger partial charge in [-0.3, -0.25) is 9.78 Å². The monoisotopic (exact) mass is 375 g/mol. The minimum atomic E-state index is -0.0512. The molecule has 5 nitrogen and oxygen atoms in total. The zero-order valence-electron chi connectivity index (χ0n) is 14.7. The fourth-order valence-corrected chi connectivity index (χ4v) is 5.09. The molecule has 134 valence electrons. The number of thiophene rings is 1. The fraction of sp³-hybridized carbons (Fsp3) is 0.190. The number of nitrogens with one attached hydrogen (secondary N) is 2. The molecule has 0 spiro atoms. The van der Waals surface area contributed by atoms with Gasteiger partial charge in [-0.15, -0.1) is 11.3 Å². The van der Waals surface area contributed by atoms with Crippen LogP contribution in [0.15, 0.2) is 59.5 Å². The molecule has 27 heavy (non-hydrogen) atoms. The molecule has 4 heterocycles. The summed E-state index contributed by atoms with van der Waals surface area (Å²) in [5, 5.41) is 0.772. The number of benzene rings is 1. The van der Waals surface area contributed by atoms with Gasteiger partial charge in [0.1, 0.15) is 23.6 Å². The zero-order valence-corrected chi connectivity index (χ0v) is 15.6. The van der Waals surface area contributed by atoms with E-state index in [0.717, 1.165) is 36.3 Å². The van der Waals surface area contributed by atoms with E-state index >= 15 is 0 Å². The molecule has 1 aromatic carbocycles. The van der Waals surface area contributed by atoms with Gasteiger partial charge < -0.3 is 9.88 Å². The Morgan fingerprint density at radius 1 is 1.11 bits per heavy atom. The van der Waals surface area contributed by atoms with Gasteiger partial charge in [-0.1, -0.05) is 36.4 Å². The van der Waals surface area contributed by atoms with E-state index in [9.17, 15) is 4.79 Å². The molecule has 1 unspecified atom stereocenters. The van der Waals surface area contributed by atoms with Gasteiger partial charge in [0.25, 0.3) is 5.56 Å². The summed E-state index contributed by atoms with van der Waals surface area (Å²) in [5.41, 5.74) is 3.18. The van der Waals surface area contributed by atoms with Crippen molar-refractivity contribution in [1.82, 2.24) is 15.0 Å². The molecule has 0 saturated carbocycles. The van der Waals surface area contributed by atoms with Crippen LogP contribution in [0.4, 0.5) is 0 Å². The first kappa shape index (κ1) is 16.4. The van der Waals surface area contributed by atoms with Gasteiger partial charge in [-0.2, -0.15) is 0 Å². The Morgan fingerprint density at radius 3 is 2.78 bits per heavy atom. The molecule has 0 fully saturated rings. The standard InChI is InChI=1S/C21H18N4OS/c26-20-18-15-9-11-25(12-14-6-2-1-3-7-14)13-17(15)27-21(18)24-19(23-20)16-8-4-5-10-22-16/h1-8,10H,9,11-13H2,(H,23,24,26)/p+1. The molecule has 4 aromatic rings. The predicted molar refractivity (Wildman–Crippen MR) is 107 cm³/mol. The quantitative estimate of drug-likeness (QED) is 0.577. The van der Waals surface area contributed by atoms with Gasteiger partial charge in [-0.05, 0) is 17.7 Å². The number of pyridine rings is 1. The largest absolute Gasteiger partial charge is 0.326 e. The number of H-pyrrole nitrogens is 1. The van der Waals surface area contributed by atoms with E-state index in [1.165, 1.54) is 20.9 Å². The third-order valence-corrected chi connectivity index (χ3v) is 6.21. The second kappa shape index (κ2) is 6.72. The Labute approximate surface area is 160 Å². The lowest BCUT2D eigenvalue weighted by atomic mass is 10.0. The highest BCUT2D eigenvalue weighted by Crippen LogP contribution is 2.30. The van der Waals surface area contributed by atoms with E-state index in [4.69, 9.17) is 4.98 Å². The van der Waals surface area contributed by atoms with Crippen LogP contribution in [0.5, 0.6) is 0 Å². The van der Waals surface area contributed by atoms with Crippen LogP contribution < -0.4 is 10.5 Å². The second-order valence-corrected chi connectivity index (χ2v) is 7.99. The number of nitrogens with zero attached hydrogens (tertiary/aromatic N) is 2. The molecule has 0 aliphatic carbocycles. The van der Waals surface area contributed by atoms with Gasteiger partial charge in [0.2, 0.25) is 0 Å². The van der Waals surface area contributed by atoms with E-state index in [2.05, 4.69) is 40.3 Å². The van der Waals surface area contributed by atoms with Crippen molar-refractivity contribution in [3.8, 4) is 11.5 Å². The summed E-state index contributed by atoms with van der Waals surface area (Å²) in [5.74, 6) is 0.542. The van der Waals surface area contributed by atoms with Crippen LogP contribution in [0.2, 0.25) is 0 Å². The smallest absolute Gasteiger partial charge is 0.260 e. The first-order chi connectivity index (χ1) is 13.3. The van der Waals surface area contributed by atoms with E-state index < -0.39 is 0 Å². The van der Waals surface area contributed by atoms with Crippen LogP contribution in [0.1, 0.15) is 16.0 Å². The SMILES string of the molecule is O=c1[nH]c(-c2ccccn2)nc2sc3c(c12)CC[NH+](Cc1ccccc1)C3. The average molecular weight is 375 g/mol. The number of aromatic amines is 1. The molecule has 0 bridgehead atoms. The normalized spacial score (nSPS) is 16.4. The molecular weight excluding hydrogens is 356 g/mol. The summed E-state index contributed by atoms with van der Waals surface area (Å²) in [4.78, 5) is 28.3. The van der Waals surface area contributed by atoms with Crippen molar-refractivity contribution >= 4 is 21.6 Å². The van der Waals surface area contributed by atoms with Crippen LogP contribution in [0.25, 0.3) is 21.7 Å². The Balaban J connectivity index is 1.50. The molecule has 0 amide bonds. The third kappa shape index (κ3) is 3.07. The number of fused-ring (bicyclic) bond motifs is 3. The molecule has 0 radical (unpaired) electrons. The summed E-state index contributed by atoms with van der Waals surface area (Å²) < 4.78 is 0. The molecule has 1 atom stereocenters. The predicted octanol–water partition coefficient (Wildman–Crippen LogP) is 2.19. The molecule has 2 N–H and O–H groups in total. The lowest BCUT2D eigenvalue weighted by Crippen LogP contribution is -3.10. The maximum absolute atomic E-state index is 12.8. The van der Waals surface area contributed by atoms with E-state index in [1.54, 1.807) is 17.5 Å². The molecule has 1 aliphatic rings. The fourth-order valence-electron chi connectivity index (χ4n) is 3.79. The van der Waals surface area contributed by atoms with Crippen LogP contribution in [0, 0.1) is 0 Å². The highest BCUT2D eigenvalue weighted by Gasteiger charge is 2.26. The van der Waals surface area contributed by atoms with Crippen LogP contribution in [0.3, 0.4) is 0 Å². The molecular formula is C21H19N4OS+. The summed E-state index contributed by atoms with van der Waals surface area (Å²) in [6, 6.07) is 16.2. The molecule has 6 heteroatoms. The minimum Gasteiger partial charge on any atom is -0.326 e. The number of aromatic nitrogens is 3. The average Bonchev–Trinajstić information content (AvgIpc) is 3.07. The van der Waals surface area contributed by atoms with Crippen molar-refractivity contribution in [2.75, 3.05) is 6.54 Å². The maximum Gasteiger partial charge on any atom is 0.260 e. The number of quaternary nitrogens is 1. The van der Waals surface area contributed by atoms with Crippen molar-refractivity contribution in [3.63, 3.8) is 0 Å².